The topological polar surface area (TPSA) is 80.2 Å². The highest BCUT2D eigenvalue weighted by molar-refractivity contribution is 9.08. The molecule has 1 rings (SSSR count). The van der Waals surface area contributed by atoms with E-state index in [0.717, 1.165) is 27.9 Å². The maximum absolute atomic E-state index is 12.6. The van der Waals surface area contributed by atoms with E-state index in [4.69, 9.17) is 9.57 Å². The number of alkyl halides is 1. The summed E-state index contributed by atoms with van der Waals surface area (Å²) in [5.74, 6) is -0.314. The van der Waals surface area contributed by atoms with Gasteiger partial charge < -0.3 is 4.74 Å². The van der Waals surface area contributed by atoms with E-state index in [1.165, 1.54) is 0 Å². The Bertz CT molecular complexity index is 661. The largest absolute Gasteiger partial charge is 0.443 e. The van der Waals surface area contributed by atoms with Crippen molar-refractivity contribution < 1.29 is 19.2 Å². The van der Waals surface area contributed by atoms with Crippen LogP contribution in [-0.4, -0.2) is 34.6 Å². The molecule has 27 heavy (non-hydrogen) atoms. The zero-order valence-corrected chi connectivity index (χ0v) is 18.3. The molecule has 1 aromatic carbocycles. The average molecular weight is 442 g/mol. The molecule has 0 radical (unpaired) electrons. The number of hydrogen-bond acceptors (Lipinski definition) is 5. The molecule has 7 nitrogen and oxygen atoms in total. The second-order valence-electron chi connectivity index (χ2n) is 7.91. The number of hydrogen-bond donors (Lipinski definition) is 1. The molecule has 1 aromatic rings. The molecular formula is C19H28BrN3O4. The fraction of sp³-hybridized carbons (Fsp3) is 0.526. The van der Waals surface area contributed by atoms with Crippen LogP contribution in [0.4, 0.5) is 4.79 Å². The highest BCUT2D eigenvalue weighted by atomic mass is 79.9. The second-order valence-corrected chi connectivity index (χ2v) is 8.47. The first-order chi connectivity index (χ1) is 12.4. The van der Waals surface area contributed by atoms with Crippen molar-refractivity contribution in [3.63, 3.8) is 0 Å². The fourth-order valence-corrected chi connectivity index (χ4v) is 2.24. The van der Waals surface area contributed by atoms with E-state index in [0.29, 0.717) is 0 Å². The SMILES string of the molecule is CC(C)(C)OC(=O)NN=CN(OC(C)(C)C)C(=O)Cc1ccc(CBr)cc1. The summed E-state index contributed by atoms with van der Waals surface area (Å²) < 4.78 is 5.09. The number of rotatable bonds is 6. The van der Waals surface area contributed by atoms with Gasteiger partial charge in [-0.15, -0.1) is 0 Å². The lowest BCUT2D eigenvalue weighted by atomic mass is 10.1. The lowest BCUT2D eigenvalue weighted by molar-refractivity contribution is -0.193. The molecule has 0 atom stereocenters. The summed E-state index contributed by atoms with van der Waals surface area (Å²) in [6.45, 7) is 10.7. The minimum Gasteiger partial charge on any atom is -0.443 e. The Labute approximate surface area is 169 Å². The number of hydrazone groups is 1. The Morgan fingerprint density at radius 2 is 1.63 bits per heavy atom. The van der Waals surface area contributed by atoms with Gasteiger partial charge in [0.05, 0.1) is 12.0 Å². The van der Waals surface area contributed by atoms with Crippen molar-refractivity contribution in [3.05, 3.63) is 35.4 Å². The minimum absolute atomic E-state index is 0.136. The predicted octanol–water partition coefficient (Wildman–Crippen LogP) is 4.15. The molecule has 0 unspecified atom stereocenters. The Morgan fingerprint density at radius 3 is 2.11 bits per heavy atom. The summed E-state index contributed by atoms with van der Waals surface area (Å²) in [5, 5.41) is 5.53. The number of carbonyl (C=O) groups is 2. The van der Waals surface area contributed by atoms with Crippen LogP contribution in [0.25, 0.3) is 0 Å². The molecule has 0 fully saturated rings. The second kappa shape index (κ2) is 9.85. The highest BCUT2D eigenvalue weighted by Crippen LogP contribution is 2.13. The third-order valence-corrected chi connectivity index (χ3v) is 3.52. The lowest BCUT2D eigenvalue weighted by Crippen LogP contribution is -2.39. The van der Waals surface area contributed by atoms with Crippen molar-refractivity contribution in [3.8, 4) is 0 Å². The van der Waals surface area contributed by atoms with Crippen LogP contribution in [0, 0.1) is 0 Å². The van der Waals surface area contributed by atoms with Crippen LogP contribution >= 0.6 is 15.9 Å². The predicted molar refractivity (Wildman–Crippen MR) is 108 cm³/mol. The zero-order valence-electron chi connectivity index (χ0n) is 16.7. The van der Waals surface area contributed by atoms with Crippen LogP contribution in [0.2, 0.25) is 0 Å². The number of halogens is 1. The molecule has 0 aromatic heterocycles. The first-order valence-electron chi connectivity index (χ1n) is 8.57. The van der Waals surface area contributed by atoms with Crippen molar-refractivity contribution in [1.82, 2.24) is 10.5 Å². The van der Waals surface area contributed by atoms with E-state index in [1.807, 2.05) is 45.0 Å². The van der Waals surface area contributed by atoms with Crippen LogP contribution in [0.15, 0.2) is 29.4 Å². The Balaban J connectivity index is 2.78. The van der Waals surface area contributed by atoms with E-state index in [2.05, 4.69) is 26.5 Å². The van der Waals surface area contributed by atoms with Crippen molar-refractivity contribution in [2.75, 3.05) is 0 Å². The van der Waals surface area contributed by atoms with Crippen molar-refractivity contribution in [2.24, 2.45) is 5.10 Å². The average Bonchev–Trinajstić information content (AvgIpc) is 2.51. The maximum Gasteiger partial charge on any atom is 0.428 e. The molecule has 0 heterocycles. The summed E-state index contributed by atoms with van der Waals surface area (Å²) in [7, 11) is 0. The standard InChI is InChI=1S/C19H28BrN3O4/c1-18(2,3)26-17(25)22-21-13-23(27-19(4,5)6)16(24)11-14-7-9-15(12-20)10-8-14/h7-10,13H,11-12H2,1-6H3,(H,22,25). The number of carbonyl (C=O) groups excluding carboxylic acids is 2. The molecule has 150 valence electrons. The van der Waals surface area contributed by atoms with Gasteiger partial charge in [0.15, 0.2) is 0 Å². The zero-order chi connectivity index (χ0) is 20.7. The summed E-state index contributed by atoms with van der Waals surface area (Å²) in [6.07, 6.45) is 0.550. The number of amides is 2. The lowest BCUT2D eigenvalue weighted by Gasteiger charge is -2.26. The Hall–Kier alpha value is -1.93. The summed E-state index contributed by atoms with van der Waals surface area (Å²) in [4.78, 5) is 29.9. The van der Waals surface area contributed by atoms with Gasteiger partial charge in [0.25, 0.3) is 5.91 Å². The smallest absolute Gasteiger partial charge is 0.428 e. The fourth-order valence-electron chi connectivity index (χ4n) is 1.87. The summed E-state index contributed by atoms with van der Waals surface area (Å²) in [6, 6.07) is 7.68. The molecule has 0 aliphatic rings. The van der Waals surface area contributed by atoms with Crippen LogP contribution < -0.4 is 5.43 Å². The van der Waals surface area contributed by atoms with Crippen LogP contribution in [0.3, 0.4) is 0 Å². The number of hydroxylamine groups is 2. The molecule has 0 spiro atoms. The van der Waals surface area contributed by atoms with Gasteiger partial charge in [-0.05, 0) is 52.7 Å². The minimum atomic E-state index is -0.715. The molecule has 1 N–H and O–H groups in total. The van der Waals surface area contributed by atoms with Crippen molar-refractivity contribution >= 4 is 34.3 Å². The number of ether oxygens (including phenoxy) is 1. The molecule has 0 aliphatic carbocycles. The van der Waals surface area contributed by atoms with Gasteiger partial charge in [-0.2, -0.15) is 10.2 Å². The van der Waals surface area contributed by atoms with Gasteiger partial charge in [0, 0.05) is 5.33 Å². The summed E-state index contributed by atoms with van der Waals surface area (Å²) >= 11 is 3.39. The first kappa shape index (κ1) is 23.1. The highest BCUT2D eigenvalue weighted by Gasteiger charge is 2.22. The Kier molecular flexibility index (Phi) is 8.43. The molecular weight excluding hydrogens is 414 g/mol. The first-order valence-corrected chi connectivity index (χ1v) is 9.69. The van der Waals surface area contributed by atoms with E-state index >= 15 is 0 Å². The molecule has 0 saturated heterocycles. The molecule has 8 heteroatoms. The van der Waals surface area contributed by atoms with Crippen molar-refractivity contribution in [2.45, 2.75) is 64.5 Å². The normalized spacial score (nSPS) is 12.1. The van der Waals surface area contributed by atoms with Gasteiger partial charge in [0.2, 0.25) is 0 Å². The van der Waals surface area contributed by atoms with Crippen LogP contribution in [0.1, 0.15) is 52.7 Å². The van der Waals surface area contributed by atoms with Gasteiger partial charge in [-0.1, -0.05) is 40.2 Å². The number of nitrogens with one attached hydrogen (secondary N) is 1. The molecule has 0 saturated carbocycles. The van der Waals surface area contributed by atoms with E-state index in [1.54, 1.807) is 20.8 Å². The van der Waals surface area contributed by atoms with E-state index in [-0.39, 0.29) is 12.3 Å². The molecule has 0 aliphatic heterocycles. The van der Waals surface area contributed by atoms with Crippen molar-refractivity contribution in [1.29, 1.82) is 0 Å². The quantitative estimate of drug-likeness (QED) is 0.311. The van der Waals surface area contributed by atoms with Gasteiger partial charge in [-0.3, -0.25) is 9.63 Å². The van der Waals surface area contributed by atoms with E-state index in [9.17, 15) is 9.59 Å². The molecule has 0 bridgehead atoms. The van der Waals surface area contributed by atoms with Crippen LogP contribution in [0.5, 0.6) is 0 Å². The van der Waals surface area contributed by atoms with Crippen LogP contribution in [-0.2, 0) is 26.1 Å². The molecule has 2 amide bonds. The summed E-state index contributed by atoms with van der Waals surface area (Å²) in [5.41, 5.74) is 2.93. The number of nitrogens with zero attached hydrogens (tertiary/aromatic N) is 2. The monoisotopic (exact) mass is 441 g/mol. The van der Waals surface area contributed by atoms with Gasteiger partial charge in [-0.25, -0.2) is 10.2 Å². The maximum atomic E-state index is 12.6. The number of benzene rings is 1. The van der Waals surface area contributed by atoms with E-state index < -0.39 is 17.3 Å². The Morgan fingerprint density at radius 1 is 1.07 bits per heavy atom. The third kappa shape index (κ3) is 10.1. The van der Waals surface area contributed by atoms with Gasteiger partial charge >= 0.3 is 6.09 Å². The third-order valence-electron chi connectivity index (χ3n) is 2.87. The van der Waals surface area contributed by atoms with Gasteiger partial charge in [0.1, 0.15) is 11.9 Å².